The van der Waals surface area contributed by atoms with Crippen LogP contribution in [-0.4, -0.2) is 28.4 Å². The van der Waals surface area contributed by atoms with Crippen LogP contribution in [0.1, 0.15) is 37.0 Å². The van der Waals surface area contributed by atoms with Gasteiger partial charge >= 0.3 is 0 Å². The summed E-state index contributed by atoms with van der Waals surface area (Å²) in [7, 11) is 0. The number of nitrogens with zero attached hydrogens (tertiary/aromatic N) is 2. The van der Waals surface area contributed by atoms with Crippen LogP contribution in [0.15, 0.2) is 16.7 Å². The van der Waals surface area contributed by atoms with Crippen molar-refractivity contribution >= 4 is 27.7 Å². The minimum absolute atomic E-state index is 0.0136. The summed E-state index contributed by atoms with van der Waals surface area (Å²) in [5, 5.41) is 0. The maximum atomic E-state index is 12.5. The number of carbonyl (C=O) groups excluding carboxylic acids is 1. The molecule has 18 heavy (non-hydrogen) atoms. The van der Waals surface area contributed by atoms with Crippen LogP contribution >= 0.6 is 15.9 Å². The summed E-state index contributed by atoms with van der Waals surface area (Å²) < 4.78 is 0.776. The lowest BCUT2D eigenvalue weighted by molar-refractivity contribution is 0.0574. The van der Waals surface area contributed by atoms with Crippen LogP contribution in [-0.2, 0) is 0 Å². The molecule has 0 aromatic carbocycles. The fourth-order valence-electron chi connectivity index (χ4n) is 2.35. The van der Waals surface area contributed by atoms with Gasteiger partial charge in [-0.2, -0.15) is 0 Å². The highest BCUT2D eigenvalue weighted by molar-refractivity contribution is 9.10. The van der Waals surface area contributed by atoms with Gasteiger partial charge in [-0.3, -0.25) is 4.79 Å². The van der Waals surface area contributed by atoms with Crippen molar-refractivity contribution in [2.45, 2.75) is 32.7 Å². The van der Waals surface area contributed by atoms with Gasteiger partial charge in [-0.25, -0.2) is 4.98 Å². The monoisotopic (exact) mass is 311 g/mol. The number of hydrogen-bond acceptors (Lipinski definition) is 3. The number of likely N-dealkylation sites (tertiary alicyclic amines) is 1. The van der Waals surface area contributed by atoms with Gasteiger partial charge in [0.1, 0.15) is 5.82 Å². The average Bonchev–Trinajstić information content (AvgIpc) is 2.34. The largest absolute Gasteiger partial charge is 0.383 e. The quantitative estimate of drug-likeness (QED) is 0.867. The molecule has 1 aliphatic rings. The number of carbonyl (C=O) groups is 1. The molecule has 2 heterocycles. The summed E-state index contributed by atoms with van der Waals surface area (Å²) in [6.07, 6.45) is 3.83. The molecule has 1 fully saturated rings. The van der Waals surface area contributed by atoms with Crippen molar-refractivity contribution in [3.63, 3.8) is 0 Å². The maximum absolute atomic E-state index is 12.5. The van der Waals surface area contributed by atoms with E-state index in [9.17, 15) is 4.79 Å². The highest BCUT2D eigenvalue weighted by atomic mass is 79.9. The molecule has 0 radical (unpaired) electrons. The fraction of sp³-hybridized carbons (Fsp3) is 0.538. The molecule has 5 heteroatoms. The molecule has 0 spiro atoms. The Morgan fingerprint density at radius 1 is 1.50 bits per heavy atom. The summed E-state index contributed by atoms with van der Waals surface area (Å²) in [4.78, 5) is 18.4. The smallest absolute Gasteiger partial charge is 0.257 e. The number of aromatic nitrogens is 1. The minimum atomic E-state index is -0.0136. The predicted octanol–water partition coefficient (Wildman–Crippen LogP) is 2.69. The minimum Gasteiger partial charge on any atom is -0.383 e. The van der Waals surface area contributed by atoms with E-state index in [4.69, 9.17) is 5.73 Å². The molecular formula is C13H18BrN3O. The van der Waals surface area contributed by atoms with E-state index in [1.807, 2.05) is 4.90 Å². The number of amides is 1. The van der Waals surface area contributed by atoms with Crippen molar-refractivity contribution < 1.29 is 4.79 Å². The number of halogens is 1. The van der Waals surface area contributed by atoms with Gasteiger partial charge in [0.15, 0.2) is 0 Å². The maximum Gasteiger partial charge on any atom is 0.257 e. The number of nitrogens with two attached hydrogens (primary N) is 1. The number of pyridine rings is 1. The van der Waals surface area contributed by atoms with E-state index >= 15 is 0 Å². The van der Waals surface area contributed by atoms with Crippen molar-refractivity contribution in [1.82, 2.24) is 9.88 Å². The fourth-order valence-corrected chi connectivity index (χ4v) is 2.68. The molecule has 2 N–H and O–H groups in total. The molecule has 2 unspecified atom stereocenters. The zero-order valence-electron chi connectivity index (χ0n) is 10.7. The number of rotatable bonds is 1. The Hall–Kier alpha value is -1.10. The van der Waals surface area contributed by atoms with Crippen LogP contribution in [0.5, 0.6) is 0 Å². The SMILES string of the molecule is CC1CCC(C)N(C(=O)c2cc(Br)cnc2N)C1. The van der Waals surface area contributed by atoms with Crippen LogP contribution in [0.3, 0.4) is 0 Å². The number of hydrogen-bond donors (Lipinski definition) is 1. The molecule has 1 aliphatic heterocycles. The van der Waals surface area contributed by atoms with Gasteiger partial charge < -0.3 is 10.6 Å². The lowest BCUT2D eigenvalue weighted by Crippen LogP contribution is -2.45. The molecule has 4 nitrogen and oxygen atoms in total. The van der Waals surface area contributed by atoms with E-state index in [2.05, 4.69) is 34.8 Å². The standard InChI is InChI=1S/C13H18BrN3O/c1-8-3-4-9(2)17(7-8)13(18)11-5-10(14)6-16-12(11)15/h5-6,8-9H,3-4,7H2,1-2H3,(H2,15,16). The Morgan fingerprint density at radius 3 is 2.94 bits per heavy atom. The van der Waals surface area contributed by atoms with Crippen LogP contribution in [0.2, 0.25) is 0 Å². The third-order valence-corrected chi connectivity index (χ3v) is 3.93. The third-order valence-electron chi connectivity index (χ3n) is 3.49. The number of anilines is 1. The van der Waals surface area contributed by atoms with Gasteiger partial charge in [-0.05, 0) is 47.7 Å². The van der Waals surface area contributed by atoms with Crippen LogP contribution in [0.4, 0.5) is 5.82 Å². The highest BCUT2D eigenvalue weighted by Crippen LogP contribution is 2.25. The van der Waals surface area contributed by atoms with Gasteiger partial charge in [0.25, 0.3) is 5.91 Å². The lowest BCUT2D eigenvalue weighted by atomic mass is 9.94. The summed E-state index contributed by atoms with van der Waals surface area (Å²) in [6, 6.07) is 2.02. The van der Waals surface area contributed by atoms with E-state index in [0.717, 1.165) is 17.4 Å². The molecule has 1 aromatic rings. The van der Waals surface area contributed by atoms with Gasteiger partial charge in [-0.1, -0.05) is 6.92 Å². The Bertz CT molecular complexity index is 464. The second-order valence-corrected chi connectivity index (χ2v) is 5.99. The summed E-state index contributed by atoms with van der Waals surface area (Å²) in [5.41, 5.74) is 6.29. The molecule has 98 valence electrons. The molecule has 0 bridgehead atoms. The van der Waals surface area contributed by atoms with Crippen LogP contribution in [0.25, 0.3) is 0 Å². The van der Waals surface area contributed by atoms with Crippen LogP contribution < -0.4 is 5.73 Å². The van der Waals surface area contributed by atoms with E-state index in [0.29, 0.717) is 17.3 Å². The first-order valence-corrected chi connectivity index (χ1v) is 7.00. The third kappa shape index (κ3) is 2.66. The van der Waals surface area contributed by atoms with Crippen molar-refractivity contribution in [3.8, 4) is 0 Å². The molecule has 1 aromatic heterocycles. The van der Waals surface area contributed by atoms with Crippen molar-refractivity contribution in [1.29, 1.82) is 0 Å². The Kier molecular flexibility index (Phi) is 3.90. The molecule has 1 saturated heterocycles. The van der Waals surface area contributed by atoms with E-state index in [-0.39, 0.29) is 11.9 Å². The first-order chi connectivity index (χ1) is 8.49. The first-order valence-electron chi connectivity index (χ1n) is 6.21. The van der Waals surface area contributed by atoms with Gasteiger partial charge in [-0.15, -0.1) is 0 Å². The topological polar surface area (TPSA) is 59.2 Å². The summed E-state index contributed by atoms with van der Waals surface area (Å²) >= 11 is 3.33. The molecule has 0 aliphatic carbocycles. The van der Waals surface area contributed by atoms with E-state index < -0.39 is 0 Å². The summed E-state index contributed by atoms with van der Waals surface area (Å²) in [6.45, 7) is 5.06. The van der Waals surface area contributed by atoms with Gasteiger partial charge in [0.2, 0.25) is 0 Å². The molecular weight excluding hydrogens is 294 g/mol. The van der Waals surface area contributed by atoms with E-state index in [1.165, 1.54) is 6.42 Å². The normalized spacial score (nSPS) is 24.1. The Balaban J connectivity index is 2.27. The predicted molar refractivity (Wildman–Crippen MR) is 75.2 cm³/mol. The lowest BCUT2D eigenvalue weighted by Gasteiger charge is -2.37. The van der Waals surface area contributed by atoms with Crippen molar-refractivity contribution in [3.05, 3.63) is 22.3 Å². The molecule has 2 rings (SSSR count). The van der Waals surface area contributed by atoms with E-state index in [1.54, 1.807) is 12.3 Å². The first kappa shape index (κ1) is 13.3. The summed E-state index contributed by atoms with van der Waals surface area (Å²) in [5.74, 6) is 0.834. The Morgan fingerprint density at radius 2 is 2.22 bits per heavy atom. The zero-order chi connectivity index (χ0) is 13.3. The highest BCUT2D eigenvalue weighted by Gasteiger charge is 2.28. The number of piperidine rings is 1. The van der Waals surface area contributed by atoms with Gasteiger partial charge in [0, 0.05) is 23.3 Å². The van der Waals surface area contributed by atoms with Crippen LogP contribution in [0, 0.1) is 5.92 Å². The van der Waals surface area contributed by atoms with Crippen molar-refractivity contribution in [2.24, 2.45) is 5.92 Å². The average molecular weight is 312 g/mol. The molecule has 0 saturated carbocycles. The molecule has 2 atom stereocenters. The second kappa shape index (κ2) is 5.26. The number of nitrogen functional groups attached to an aromatic ring is 1. The second-order valence-electron chi connectivity index (χ2n) is 5.08. The Labute approximate surface area is 116 Å². The van der Waals surface area contributed by atoms with Gasteiger partial charge in [0.05, 0.1) is 5.56 Å². The van der Waals surface area contributed by atoms with Crippen molar-refractivity contribution in [2.75, 3.05) is 12.3 Å². The zero-order valence-corrected chi connectivity index (χ0v) is 12.3. The molecule has 1 amide bonds.